The number of nitrogens with zero attached hydrogens (tertiary/aromatic N) is 5. The third-order valence-corrected chi connectivity index (χ3v) is 5.96. The van der Waals surface area contributed by atoms with E-state index in [0.717, 1.165) is 49.4 Å². The number of amides is 1. The zero-order chi connectivity index (χ0) is 21.8. The summed E-state index contributed by atoms with van der Waals surface area (Å²) in [5, 5.41) is 0.982. The molecule has 0 bridgehead atoms. The maximum Gasteiger partial charge on any atom is 0.224 e. The first-order valence-electron chi connectivity index (χ1n) is 11.1. The van der Waals surface area contributed by atoms with Gasteiger partial charge in [-0.15, -0.1) is 0 Å². The zero-order valence-electron chi connectivity index (χ0n) is 18.6. The molecule has 0 radical (unpaired) electrons. The average molecular weight is 422 g/mol. The van der Waals surface area contributed by atoms with E-state index in [1.165, 1.54) is 0 Å². The van der Waals surface area contributed by atoms with Crippen LogP contribution >= 0.6 is 0 Å². The number of anilines is 1. The Bertz CT molecular complexity index is 1010. The minimum absolute atomic E-state index is 0.187. The zero-order valence-corrected chi connectivity index (χ0v) is 18.6. The molecular weight excluding hydrogens is 390 g/mol. The summed E-state index contributed by atoms with van der Waals surface area (Å²) in [7, 11) is 0. The van der Waals surface area contributed by atoms with E-state index >= 15 is 0 Å². The standard InChI is InChI=1S/C24H31N5O2/c1-4-27-13-15-28(16-14-27)22(30)11-12-29(18(2)3)24-19-8-5-6-9-20(19)25-23(26-24)21-10-7-17-31-21/h5-10,17-18H,4,11-16H2,1-3H3. The van der Waals surface area contributed by atoms with Crippen molar-refractivity contribution in [2.24, 2.45) is 0 Å². The van der Waals surface area contributed by atoms with E-state index in [0.29, 0.717) is 24.6 Å². The Balaban J connectivity index is 1.57. The molecule has 1 fully saturated rings. The van der Waals surface area contributed by atoms with Gasteiger partial charge in [-0.05, 0) is 44.7 Å². The van der Waals surface area contributed by atoms with Crippen molar-refractivity contribution in [2.45, 2.75) is 33.2 Å². The van der Waals surface area contributed by atoms with Crippen molar-refractivity contribution in [2.75, 3.05) is 44.2 Å². The number of aromatic nitrogens is 2. The predicted molar refractivity (Wildman–Crippen MR) is 123 cm³/mol. The van der Waals surface area contributed by atoms with Gasteiger partial charge >= 0.3 is 0 Å². The van der Waals surface area contributed by atoms with E-state index in [1.807, 2.05) is 41.3 Å². The minimum atomic E-state index is 0.187. The molecule has 1 amide bonds. The number of carbonyl (C=O) groups is 1. The van der Waals surface area contributed by atoms with Gasteiger partial charge in [0.2, 0.25) is 5.91 Å². The van der Waals surface area contributed by atoms with Crippen LogP contribution in [0.15, 0.2) is 47.1 Å². The lowest BCUT2D eigenvalue weighted by molar-refractivity contribution is -0.132. The van der Waals surface area contributed by atoms with E-state index in [1.54, 1.807) is 6.26 Å². The molecule has 1 saturated heterocycles. The highest BCUT2D eigenvalue weighted by molar-refractivity contribution is 5.91. The summed E-state index contributed by atoms with van der Waals surface area (Å²) < 4.78 is 5.55. The lowest BCUT2D eigenvalue weighted by atomic mass is 10.1. The molecule has 2 aromatic heterocycles. The van der Waals surface area contributed by atoms with Crippen molar-refractivity contribution in [3.8, 4) is 11.6 Å². The van der Waals surface area contributed by atoms with Gasteiger partial charge in [0.1, 0.15) is 5.82 Å². The molecule has 0 atom stereocenters. The molecule has 1 aliphatic heterocycles. The molecule has 0 saturated carbocycles. The third-order valence-electron chi connectivity index (χ3n) is 5.96. The number of rotatable bonds is 7. The quantitative estimate of drug-likeness (QED) is 0.580. The summed E-state index contributed by atoms with van der Waals surface area (Å²) in [6.07, 6.45) is 2.10. The highest BCUT2D eigenvalue weighted by atomic mass is 16.3. The number of benzene rings is 1. The number of para-hydroxylation sites is 1. The van der Waals surface area contributed by atoms with Crippen molar-refractivity contribution in [1.29, 1.82) is 0 Å². The predicted octanol–water partition coefficient (Wildman–Crippen LogP) is 3.66. The second kappa shape index (κ2) is 9.47. The van der Waals surface area contributed by atoms with Crippen molar-refractivity contribution in [3.05, 3.63) is 42.7 Å². The summed E-state index contributed by atoms with van der Waals surface area (Å²) in [4.78, 5) is 29.0. The Kier molecular flexibility index (Phi) is 6.51. The van der Waals surface area contributed by atoms with Crippen LogP contribution in [-0.2, 0) is 4.79 Å². The second-order valence-electron chi connectivity index (χ2n) is 8.22. The maximum absolute atomic E-state index is 12.9. The molecule has 0 unspecified atom stereocenters. The second-order valence-corrected chi connectivity index (χ2v) is 8.22. The third kappa shape index (κ3) is 4.71. The van der Waals surface area contributed by atoms with Gasteiger partial charge in [0.05, 0.1) is 11.8 Å². The number of furan rings is 1. The van der Waals surface area contributed by atoms with Crippen LogP contribution in [0.25, 0.3) is 22.5 Å². The van der Waals surface area contributed by atoms with Crippen LogP contribution in [0, 0.1) is 0 Å². The van der Waals surface area contributed by atoms with Gasteiger partial charge in [-0.25, -0.2) is 9.97 Å². The monoisotopic (exact) mass is 421 g/mol. The van der Waals surface area contributed by atoms with Crippen LogP contribution < -0.4 is 4.90 Å². The van der Waals surface area contributed by atoms with E-state index in [2.05, 4.69) is 30.6 Å². The Morgan fingerprint density at radius 3 is 2.55 bits per heavy atom. The molecule has 7 heteroatoms. The summed E-state index contributed by atoms with van der Waals surface area (Å²) in [5.74, 6) is 2.26. The smallest absolute Gasteiger partial charge is 0.224 e. The van der Waals surface area contributed by atoms with Crippen LogP contribution in [0.1, 0.15) is 27.2 Å². The molecular formula is C24H31N5O2. The van der Waals surface area contributed by atoms with E-state index < -0.39 is 0 Å². The Morgan fingerprint density at radius 1 is 1.10 bits per heavy atom. The summed E-state index contributed by atoms with van der Waals surface area (Å²) >= 11 is 0. The molecule has 1 aliphatic rings. The molecule has 31 heavy (non-hydrogen) atoms. The van der Waals surface area contributed by atoms with Gasteiger partial charge in [-0.1, -0.05) is 19.1 Å². The molecule has 3 heterocycles. The van der Waals surface area contributed by atoms with Crippen LogP contribution in [0.4, 0.5) is 5.82 Å². The Morgan fingerprint density at radius 2 is 1.87 bits per heavy atom. The first kappa shape index (κ1) is 21.3. The number of hydrogen-bond donors (Lipinski definition) is 0. The van der Waals surface area contributed by atoms with Gasteiger partial charge in [-0.2, -0.15) is 0 Å². The van der Waals surface area contributed by atoms with E-state index in [-0.39, 0.29) is 11.9 Å². The molecule has 0 N–H and O–H groups in total. The molecule has 0 spiro atoms. The normalized spacial score (nSPS) is 15.0. The van der Waals surface area contributed by atoms with Crippen molar-refractivity contribution in [3.63, 3.8) is 0 Å². The van der Waals surface area contributed by atoms with E-state index in [4.69, 9.17) is 14.4 Å². The van der Waals surface area contributed by atoms with E-state index in [9.17, 15) is 4.79 Å². The minimum Gasteiger partial charge on any atom is -0.461 e. The molecule has 1 aromatic carbocycles. The van der Waals surface area contributed by atoms with Gasteiger partial charge in [0, 0.05) is 50.6 Å². The largest absolute Gasteiger partial charge is 0.461 e. The fraction of sp³-hybridized carbons (Fsp3) is 0.458. The van der Waals surface area contributed by atoms with Crippen LogP contribution in [0.3, 0.4) is 0 Å². The Hall–Kier alpha value is -2.93. The lowest BCUT2D eigenvalue weighted by Crippen LogP contribution is -2.49. The van der Waals surface area contributed by atoms with Crippen LogP contribution in [0.2, 0.25) is 0 Å². The SMILES string of the molecule is CCN1CCN(C(=O)CCN(c2nc(-c3ccco3)nc3ccccc23)C(C)C)CC1. The highest BCUT2D eigenvalue weighted by Crippen LogP contribution is 2.29. The number of carbonyl (C=O) groups excluding carboxylic acids is 1. The van der Waals surface area contributed by atoms with Gasteiger partial charge in [0.15, 0.2) is 11.6 Å². The first-order valence-corrected chi connectivity index (χ1v) is 11.1. The fourth-order valence-electron chi connectivity index (χ4n) is 4.09. The lowest BCUT2D eigenvalue weighted by Gasteiger charge is -2.35. The number of likely N-dealkylation sites (N-methyl/N-ethyl adjacent to an activating group) is 1. The fourth-order valence-corrected chi connectivity index (χ4v) is 4.09. The van der Waals surface area contributed by atoms with Gasteiger partial charge < -0.3 is 19.1 Å². The van der Waals surface area contributed by atoms with Crippen molar-refractivity contribution >= 4 is 22.6 Å². The van der Waals surface area contributed by atoms with Gasteiger partial charge in [-0.3, -0.25) is 4.79 Å². The van der Waals surface area contributed by atoms with Crippen LogP contribution in [-0.4, -0.2) is 71.0 Å². The number of hydrogen-bond acceptors (Lipinski definition) is 6. The van der Waals surface area contributed by atoms with Gasteiger partial charge in [0.25, 0.3) is 0 Å². The summed E-state index contributed by atoms with van der Waals surface area (Å²) in [5.41, 5.74) is 0.867. The maximum atomic E-state index is 12.9. The molecule has 7 nitrogen and oxygen atoms in total. The van der Waals surface area contributed by atoms with Crippen LogP contribution in [0.5, 0.6) is 0 Å². The Labute approximate surface area is 183 Å². The highest BCUT2D eigenvalue weighted by Gasteiger charge is 2.23. The number of piperazine rings is 1. The average Bonchev–Trinajstić information content (AvgIpc) is 3.34. The van der Waals surface area contributed by atoms with Crippen molar-refractivity contribution in [1.82, 2.24) is 19.8 Å². The molecule has 164 valence electrons. The first-order chi connectivity index (χ1) is 15.1. The molecule has 0 aliphatic carbocycles. The topological polar surface area (TPSA) is 65.7 Å². The summed E-state index contributed by atoms with van der Waals surface area (Å²) in [6.45, 7) is 11.6. The summed E-state index contributed by atoms with van der Waals surface area (Å²) in [6, 6.07) is 11.9. The van der Waals surface area contributed by atoms with Crippen molar-refractivity contribution < 1.29 is 9.21 Å². The molecule has 3 aromatic rings. The number of fused-ring (bicyclic) bond motifs is 1. The molecule has 4 rings (SSSR count).